The molecule has 1 N–H and O–H groups in total. The first-order chi connectivity index (χ1) is 14.7. The normalized spacial score (nSPS) is 12.3. The smallest absolute Gasteiger partial charge is 0.361 e. The van der Waals surface area contributed by atoms with Crippen LogP contribution in [0.25, 0.3) is 0 Å². The molecular weight excluding hydrogens is 388 g/mol. The first-order valence-electron chi connectivity index (χ1n) is 11.9. The van der Waals surface area contributed by atoms with E-state index in [9.17, 15) is 9.90 Å². The van der Waals surface area contributed by atoms with Gasteiger partial charge in [-0.2, -0.15) is 0 Å². The fourth-order valence-corrected chi connectivity index (χ4v) is 2.95. The Bertz CT molecular complexity index is 352. The van der Waals surface area contributed by atoms with Crippen LogP contribution in [-0.2, 0) is 28.5 Å². The quantitative estimate of drug-likeness (QED) is 0.163. The van der Waals surface area contributed by atoms with E-state index in [0.717, 1.165) is 12.8 Å². The maximum Gasteiger partial charge on any atom is 0.361 e. The molecule has 0 fully saturated rings. The van der Waals surface area contributed by atoms with E-state index in [4.69, 9.17) is 23.7 Å². The lowest BCUT2D eigenvalue weighted by Crippen LogP contribution is -2.29. The van der Waals surface area contributed by atoms with Gasteiger partial charge < -0.3 is 28.8 Å². The summed E-state index contributed by atoms with van der Waals surface area (Å²) in [6, 6.07) is 0. The molecule has 0 aromatic carbocycles. The molecule has 7 nitrogen and oxygen atoms in total. The summed E-state index contributed by atoms with van der Waals surface area (Å²) < 4.78 is 26.4. The van der Waals surface area contributed by atoms with Gasteiger partial charge in [-0.05, 0) is 13.3 Å². The largest absolute Gasteiger partial charge is 0.477 e. The van der Waals surface area contributed by atoms with E-state index < -0.39 is 12.3 Å². The maximum absolute atomic E-state index is 11.2. The van der Waals surface area contributed by atoms with Crippen molar-refractivity contribution in [3.05, 3.63) is 0 Å². The Morgan fingerprint density at radius 3 is 1.53 bits per heavy atom. The van der Waals surface area contributed by atoms with Crippen molar-refractivity contribution < 1.29 is 33.6 Å². The predicted octanol–water partition coefficient (Wildman–Crippen LogP) is 4.81. The molecular formula is C23H46O7. The van der Waals surface area contributed by atoms with Gasteiger partial charge in [0.25, 0.3) is 6.29 Å². The van der Waals surface area contributed by atoms with E-state index in [1.807, 2.05) is 6.92 Å². The molecule has 0 spiro atoms. The molecule has 0 saturated carbocycles. The molecule has 7 heteroatoms. The first kappa shape index (κ1) is 29.3. The number of carboxylic acid groups (broad SMARTS) is 1. The van der Waals surface area contributed by atoms with Crippen molar-refractivity contribution in [2.24, 2.45) is 0 Å². The molecule has 0 bridgehead atoms. The maximum atomic E-state index is 11.2. The van der Waals surface area contributed by atoms with E-state index in [0.29, 0.717) is 46.2 Å². The highest BCUT2D eigenvalue weighted by molar-refractivity contribution is 5.70. The van der Waals surface area contributed by atoms with Gasteiger partial charge in [0.15, 0.2) is 0 Å². The molecule has 0 aromatic heterocycles. The zero-order chi connectivity index (χ0) is 22.1. The topological polar surface area (TPSA) is 83.5 Å². The number of rotatable bonds is 25. The van der Waals surface area contributed by atoms with Crippen LogP contribution in [0.5, 0.6) is 0 Å². The summed E-state index contributed by atoms with van der Waals surface area (Å²) in [7, 11) is 0. The van der Waals surface area contributed by atoms with Crippen LogP contribution in [0.15, 0.2) is 0 Å². The Hall–Kier alpha value is -0.730. The summed E-state index contributed by atoms with van der Waals surface area (Å²) in [6.45, 7) is 7.79. The lowest BCUT2D eigenvalue weighted by atomic mass is 10.1. The second-order valence-corrected chi connectivity index (χ2v) is 7.37. The Labute approximate surface area is 183 Å². The first-order valence-corrected chi connectivity index (χ1v) is 11.9. The minimum atomic E-state index is -1.22. The van der Waals surface area contributed by atoms with Gasteiger partial charge in [0.1, 0.15) is 0 Å². The minimum Gasteiger partial charge on any atom is -0.477 e. The SMILES string of the molecule is CCCCCCCCCCCCCOC(OCCOCCOCCOCC)C(=O)O. The fraction of sp³-hybridized carbons (Fsp3) is 0.957. The third-order valence-electron chi connectivity index (χ3n) is 4.66. The number of carbonyl (C=O) groups is 1. The molecule has 0 amide bonds. The summed E-state index contributed by atoms with van der Waals surface area (Å²) in [6.07, 6.45) is 12.5. The number of aliphatic carboxylic acids is 1. The van der Waals surface area contributed by atoms with E-state index in [1.165, 1.54) is 57.8 Å². The van der Waals surface area contributed by atoms with Gasteiger partial charge >= 0.3 is 5.97 Å². The number of hydrogen-bond donors (Lipinski definition) is 1. The second kappa shape index (κ2) is 24.5. The molecule has 0 aliphatic heterocycles. The Balaban J connectivity index is 3.43. The third kappa shape index (κ3) is 22.0. The number of unbranched alkanes of at least 4 members (excludes halogenated alkanes) is 10. The molecule has 0 aliphatic carbocycles. The molecule has 1 unspecified atom stereocenters. The summed E-state index contributed by atoms with van der Waals surface area (Å²) in [5.74, 6) is -1.10. The summed E-state index contributed by atoms with van der Waals surface area (Å²) in [5.41, 5.74) is 0. The molecule has 0 radical (unpaired) electrons. The summed E-state index contributed by atoms with van der Waals surface area (Å²) in [4.78, 5) is 11.2. The third-order valence-corrected chi connectivity index (χ3v) is 4.66. The van der Waals surface area contributed by atoms with E-state index in [1.54, 1.807) is 0 Å². The molecule has 0 aliphatic rings. The van der Waals surface area contributed by atoms with E-state index in [-0.39, 0.29) is 6.61 Å². The minimum absolute atomic E-state index is 0.175. The summed E-state index contributed by atoms with van der Waals surface area (Å²) in [5, 5.41) is 9.17. The average Bonchev–Trinajstić information content (AvgIpc) is 2.74. The Kier molecular flexibility index (Phi) is 23.9. The van der Waals surface area contributed by atoms with E-state index in [2.05, 4.69) is 6.92 Å². The molecule has 30 heavy (non-hydrogen) atoms. The molecule has 180 valence electrons. The molecule has 0 rings (SSSR count). The van der Waals surface area contributed by atoms with Crippen LogP contribution < -0.4 is 0 Å². The number of hydrogen-bond acceptors (Lipinski definition) is 6. The second-order valence-electron chi connectivity index (χ2n) is 7.37. The van der Waals surface area contributed by atoms with Crippen molar-refractivity contribution in [1.82, 2.24) is 0 Å². The zero-order valence-corrected chi connectivity index (χ0v) is 19.4. The molecule has 1 atom stereocenters. The predicted molar refractivity (Wildman–Crippen MR) is 118 cm³/mol. The molecule has 0 heterocycles. The van der Waals surface area contributed by atoms with Gasteiger partial charge in [-0.25, -0.2) is 4.79 Å². The van der Waals surface area contributed by atoms with Gasteiger partial charge in [0.05, 0.1) is 46.2 Å². The van der Waals surface area contributed by atoms with Crippen LogP contribution in [0, 0.1) is 0 Å². The zero-order valence-electron chi connectivity index (χ0n) is 19.4. The van der Waals surface area contributed by atoms with Crippen LogP contribution in [0.1, 0.15) is 84.5 Å². The molecule has 0 aromatic rings. The lowest BCUT2D eigenvalue weighted by Gasteiger charge is -2.14. The van der Waals surface area contributed by atoms with Gasteiger partial charge in [-0.15, -0.1) is 0 Å². The van der Waals surface area contributed by atoms with E-state index >= 15 is 0 Å². The standard InChI is InChI=1S/C23H46O7/c1-3-5-6-7-8-9-10-11-12-13-14-15-29-23(22(24)25)30-21-20-28-19-18-27-17-16-26-4-2/h23H,3-21H2,1-2H3,(H,24,25). The monoisotopic (exact) mass is 434 g/mol. The van der Waals surface area contributed by atoms with Crippen LogP contribution in [0.4, 0.5) is 0 Å². The van der Waals surface area contributed by atoms with Gasteiger partial charge in [0, 0.05) is 6.61 Å². The van der Waals surface area contributed by atoms with Crippen molar-refractivity contribution in [3.8, 4) is 0 Å². The number of carboxylic acids is 1. The lowest BCUT2D eigenvalue weighted by molar-refractivity contribution is -0.192. The van der Waals surface area contributed by atoms with Gasteiger partial charge in [-0.3, -0.25) is 0 Å². The highest BCUT2D eigenvalue weighted by Crippen LogP contribution is 2.11. The fourth-order valence-electron chi connectivity index (χ4n) is 2.95. The van der Waals surface area contributed by atoms with Crippen molar-refractivity contribution in [1.29, 1.82) is 0 Å². The van der Waals surface area contributed by atoms with Crippen LogP contribution in [0.3, 0.4) is 0 Å². The van der Waals surface area contributed by atoms with Crippen LogP contribution >= 0.6 is 0 Å². The van der Waals surface area contributed by atoms with Crippen molar-refractivity contribution in [2.45, 2.75) is 90.8 Å². The van der Waals surface area contributed by atoms with Crippen LogP contribution in [-0.4, -0.2) is 70.2 Å². The van der Waals surface area contributed by atoms with Gasteiger partial charge in [-0.1, -0.05) is 71.1 Å². The van der Waals surface area contributed by atoms with Crippen molar-refractivity contribution in [2.75, 3.05) is 52.9 Å². The highest BCUT2D eigenvalue weighted by Gasteiger charge is 2.18. The summed E-state index contributed by atoms with van der Waals surface area (Å²) >= 11 is 0. The highest BCUT2D eigenvalue weighted by atomic mass is 16.7. The van der Waals surface area contributed by atoms with Crippen molar-refractivity contribution in [3.63, 3.8) is 0 Å². The van der Waals surface area contributed by atoms with Gasteiger partial charge in [0.2, 0.25) is 0 Å². The average molecular weight is 435 g/mol. The van der Waals surface area contributed by atoms with Crippen molar-refractivity contribution >= 4 is 5.97 Å². The molecule has 0 saturated heterocycles. The Morgan fingerprint density at radius 1 is 0.600 bits per heavy atom. The van der Waals surface area contributed by atoms with Crippen LogP contribution in [0.2, 0.25) is 0 Å². The number of ether oxygens (including phenoxy) is 5. The Morgan fingerprint density at radius 2 is 1.03 bits per heavy atom.